The molecule has 0 aromatic carbocycles. The van der Waals surface area contributed by atoms with Gasteiger partial charge in [0.25, 0.3) is 11.5 Å². The SMILES string of the molecule is O=C(Cn1ncn2cccc2c1=O)N1CCCN(C(=O)c2ccoc2)CC1. The fraction of sp³-hybridized carbons (Fsp3) is 0.333. The summed E-state index contributed by atoms with van der Waals surface area (Å²) >= 11 is 0. The zero-order valence-electron chi connectivity index (χ0n) is 14.7. The van der Waals surface area contributed by atoms with Gasteiger partial charge in [-0.25, -0.2) is 4.68 Å². The van der Waals surface area contributed by atoms with Crippen molar-refractivity contribution in [1.82, 2.24) is 24.0 Å². The number of carbonyl (C=O) groups excluding carboxylic acids is 2. The van der Waals surface area contributed by atoms with Gasteiger partial charge in [-0.15, -0.1) is 0 Å². The number of fused-ring (bicyclic) bond motifs is 1. The molecule has 4 rings (SSSR count). The fourth-order valence-corrected chi connectivity index (χ4v) is 3.26. The third kappa shape index (κ3) is 3.35. The van der Waals surface area contributed by atoms with Crippen LogP contribution in [-0.2, 0) is 11.3 Å². The Balaban J connectivity index is 1.42. The van der Waals surface area contributed by atoms with Gasteiger partial charge in [-0.05, 0) is 24.6 Å². The topological polar surface area (TPSA) is 93.1 Å². The highest BCUT2D eigenvalue weighted by molar-refractivity contribution is 5.93. The molecule has 0 bridgehead atoms. The lowest BCUT2D eigenvalue weighted by Gasteiger charge is -2.22. The molecule has 3 aromatic rings. The predicted octanol–water partition coefficient (Wildman–Crippen LogP) is 0.464. The Morgan fingerprint density at radius 1 is 1.11 bits per heavy atom. The van der Waals surface area contributed by atoms with Crippen molar-refractivity contribution in [2.75, 3.05) is 26.2 Å². The van der Waals surface area contributed by atoms with E-state index in [2.05, 4.69) is 5.10 Å². The Kier molecular flexibility index (Phi) is 4.49. The zero-order valence-corrected chi connectivity index (χ0v) is 14.7. The minimum Gasteiger partial charge on any atom is -0.472 e. The average molecular weight is 369 g/mol. The summed E-state index contributed by atoms with van der Waals surface area (Å²) in [6.07, 6.45) is 6.81. The van der Waals surface area contributed by atoms with Gasteiger partial charge in [-0.2, -0.15) is 5.10 Å². The summed E-state index contributed by atoms with van der Waals surface area (Å²) in [6, 6.07) is 5.08. The smallest absolute Gasteiger partial charge is 0.291 e. The molecule has 1 saturated heterocycles. The first-order chi connectivity index (χ1) is 13.1. The summed E-state index contributed by atoms with van der Waals surface area (Å²) < 4.78 is 7.76. The van der Waals surface area contributed by atoms with E-state index in [1.807, 2.05) is 0 Å². The quantitative estimate of drug-likeness (QED) is 0.669. The van der Waals surface area contributed by atoms with Gasteiger partial charge in [0.1, 0.15) is 24.7 Å². The molecule has 0 aliphatic carbocycles. The summed E-state index contributed by atoms with van der Waals surface area (Å²) in [6.45, 7) is 1.86. The van der Waals surface area contributed by atoms with Crippen LogP contribution < -0.4 is 5.56 Å². The van der Waals surface area contributed by atoms with Crippen LogP contribution in [0.15, 0.2) is 52.5 Å². The van der Waals surface area contributed by atoms with Gasteiger partial charge in [-0.3, -0.25) is 14.4 Å². The minimum atomic E-state index is -0.303. The maximum Gasteiger partial charge on any atom is 0.291 e. The first-order valence-electron chi connectivity index (χ1n) is 8.75. The van der Waals surface area contributed by atoms with E-state index in [0.29, 0.717) is 43.7 Å². The Morgan fingerprint density at radius 2 is 1.93 bits per heavy atom. The van der Waals surface area contributed by atoms with Crippen LogP contribution in [0.25, 0.3) is 5.52 Å². The molecule has 9 heteroatoms. The molecule has 1 aliphatic rings. The van der Waals surface area contributed by atoms with Crippen molar-refractivity contribution in [3.63, 3.8) is 0 Å². The molecule has 0 spiro atoms. The van der Waals surface area contributed by atoms with Crippen LogP contribution in [-0.4, -0.2) is 62.0 Å². The van der Waals surface area contributed by atoms with Crippen molar-refractivity contribution in [2.45, 2.75) is 13.0 Å². The summed E-state index contributed by atoms with van der Waals surface area (Å²) in [5.74, 6) is -0.285. The Labute approximate surface area is 154 Å². The van der Waals surface area contributed by atoms with Gasteiger partial charge < -0.3 is 18.6 Å². The maximum absolute atomic E-state index is 12.7. The monoisotopic (exact) mass is 369 g/mol. The van der Waals surface area contributed by atoms with Crippen LogP contribution >= 0.6 is 0 Å². The average Bonchev–Trinajstić information content (AvgIpc) is 3.31. The zero-order chi connectivity index (χ0) is 18.8. The van der Waals surface area contributed by atoms with Crippen molar-refractivity contribution >= 4 is 17.3 Å². The van der Waals surface area contributed by atoms with E-state index in [1.165, 1.54) is 23.5 Å². The van der Waals surface area contributed by atoms with E-state index in [-0.39, 0.29) is 23.9 Å². The molecule has 0 saturated carbocycles. The second-order valence-electron chi connectivity index (χ2n) is 6.43. The van der Waals surface area contributed by atoms with Crippen LogP contribution in [0, 0.1) is 0 Å². The van der Waals surface area contributed by atoms with E-state index in [0.717, 1.165) is 0 Å². The van der Waals surface area contributed by atoms with Gasteiger partial charge >= 0.3 is 0 Å². The maximum atomic E-state index is 12.7. The van der Waals surface area contributed by atoms with Gasteiger partial charge in [0, 0.05) is 32.4 Å². The Bertz CT molecular complexity index is 1020. The number of furan rings is 1. The van der Waals surface area contributed by atoms with E-state index in [4.69, 9.17) is 4.42 Å². The lowest BCUT2D eigenvalue weighted by molar-refractivity contribution is -0.132. The predicted molar refractivity (Wildman–Crippen MR) is 95.3 cm³/mol. The number of nitrogens with zero attached hydrogens (tertiary/aromatic N) is 5. The molecule has 1 fully saturated rings. The first kappa shape index (κ1) is 17.1. The molecular weight excluding hydrogens is 350 g/mol. The summed E-state index contributed by atoms with van der Waals surface area (Å²) in [5, 5.41) is 4.06. The standard InChI is InChI=1S/C18H19N5O4/c24-16(11-23-18(26)15-3-1-5-22(15)13-19-23)20-6-2-7-21(9-8-20)17(25)14-4-10-27-12-14/h1,3-5,10,12-13H,2,6-9,11H2. The van der Waals surface area contributed by atoms with Crippen LogP contribution in [0.4, 0.5) is 0 Å². The van der Waals surface area contributed by atoms with Crippen LogP contribution in [0.3, 0.4) is 0 Å². The lowest BCUT2D eigenvalue weighted by Crippen LogP contribution is -2.40. The molecule has 2 amide bonds. The summed E-state index contributed by atoms with van der Waals surface area (Å²) in [5.41, 5.74) is 0.680. The molecule has 0 unspecified atom stereocenters. The van der Waals surface area contributed by atoms with Gasteiger partial charge in [0.15, 0.2) is 0 Å². The number of amides is 2. The highest BCUT2D eigenvalue weighted by Gasteiger charge is 2.24. The molecule has 0 radical (unpaired) electrons. The highest BCUT2D eigenvalue weighted by Crippen LogP contribution is 2.10. The Morgan fingerprint density at radius 3 is 2.74 bits per heavy atom. The van der Waals surface area contributed by atoms with Crippen LogP contribution in [0.1, 0.15) is 16.8 Å². The second kappa shape index (κ2) is 7.10. The highest BCUT2D eigenvalue weighted by atomic mass is 16.3. The van der Waals surface area contributed by atoms with Crippen molar-refractivity contribution in [3.05, 3.63) is 59.2 Å². The van der Waals surface area contributed by atoms with E-state index in [9.17, 15) is 14.4 Å². The normalized spacial score (nSPS) is 15.1. The third-order valence-electron chi connectivity index (χ3n) is 4.74. The summed E-state index contributed by atoms with van der Waals surface area (Å²) in [4.78, 5) is 40.9. The molecule has 0 atom stereocenters. The van der Waals surface area contributed by atoms with Crippen molar-refractivity contribution in [3.8, 4) is 0 Å². The molecule has 3 aromatic heterocycles. The first-order valence-corrected chi connectivity index (χ1v) is 8.75. The number of rotatable bonds is 3. The minimum absolute atomic E-state index is 0.102. The largest absolute Gasteiger partial charge is 0.472 e. The van der Waals surface area contributed by atoms with E-state index in [1.54, 1.807) is 38.6 Å². The number of aromatic nitrogens is 3. The molecule has 1 aliphatic heterocycles. The molecule has 0 N–H and O–H groups in total. The van der Waals surface area contributed by atoms with Crippen molar-refractivity contribution in [2.24, 2.45) is 0 Å². The summed E-state index contributed by atoms with van der Waals surface area (Å²) in [7, 11) is 0. The van der Waals surface area contributed by atoms with Crippen molar-refractivity contribution < 1.29 is 14.0 Å². The second-order valence-corrected chi connectivity index (χ2v) is 6.43. The molecule has 140 valence electrons. The number of carbonyl (C=O) groups is 2. The van der Waals surface area contributed by atoms with Crippen LogP contribution in [0.2, 0.25) is 0 Å². The molecule has 27 heavy (non-hydrogen) atoms. The molecule has 9 nitrogen and oxygen atoms in total. The molecule has 4 heterocycles. The Hall–Kier alpha value is -3.36. The van der Waals surface area contributed by atoms with Crippen molar-refractivity contribution in [1.29, 1.82) is 0 Å². The van der Waals surface area contributed by atoms with Gasteiger partial charge in [-0.1, -0.05) is 0 Å². The van der Waals surface area contributed by atoms with Gasteiger partial charge in [0.2, 0.25) is 5.91 Å². The van der Waals surface area contributed by atoms with E-state index < -0.39 is 0 Å². The number of hydrogen-bond acceptors (Lipinski definition) is 5. The number of hydrogen-bond donors (Lipinski definition) is 0. The van der Waals surface area contributed by atoms with E-state index >= 15 is 0 Å². The third-order valence-corrected chi connectivity index (χ3v) is 4.74. The fourth-order valence-electron chi connectivity index (χ4n) is 3.26. The lowest BCUT2D eigenvalue weighted by atomic mass is 10.3. The van der Waals surface area contributed by atoms with Gasteiger partial charge in [0.05, 0.1) is 11.8 Å². The van der Waals surface area contributed by atoms with Crippen LogP contribution in [0.5, 0.6) is 0 Å². The molecular formula is C18H19N5O4.